The van der Waals surface area contributed by atoms with Crippen molar-refractivity contribution < 1.29 is 9.53 Å². The van der Waals surface area contributed by atoms with Gasteiger partial charge in [-0.2, -0.15) is 5.26 Å². The Morgan fingerprint density at radius 1 is 1.44 bits per heavy atom. The predicted molar refractivity (Wildman–Crippen MR) is 60.7 cm³/mol. The van der Waals surface area contributed by atoms with Crippen LogP contribution in [0.2, 0.25) is 0 Å². The quantitative estimate of drug-likeness (QED) is 0.744. The topological polar surface area (TPSA) is 62.1 Å². The van der Waals surface area contributed by atoms with Gasteiger partial charge in [-0.1, -0.05) is 6.42 Å². The number of carbonyl (C=O) groups excluding carboxylic acids is 1. The largest absolute Gasteiger partial charge is 0.444 e. The number of nitriles is 1. The van der Waals surface area contributed by atoms with E-state index in [0.717, 1.165) is 25.7 Å². The van der Waals surface area contributed by atoms with Crippen molar-refractivity contribution in [3.63, 3.8) is 0 Å². The van der Waals surface area contributed by atoms with Gasteiger partial charge in [0, 0.05) is 12.0 Å². The number of nitrogens with zero attached hydrogens (tertiary/aromatic N) is 1. The molecule has 16 heavy (non-hydrogen) atoms. The first-order chi connectivity index (χ1) is 7.40. The Morgan fingerprint density at radius 2 is 2.12 bits per heavy atom. The van der Waals surface area contributed by atoms with Gasteiger partial charge < -0.3 is 10.1 Å². The van der Waals surface area contributed by atoms with Gasteiger partial charge in [-0.05, 0) is 40.0 Å². The summed E-state index contributed by atoms with van der Waals surface area (Å²) in [5.74, 6) is 0.0775. The molecular formula is C12H20N2O2. The molecule has 0 spiro atoms. The van der Waals surface area contributed by atoms with E-state index in [9.17, 15) is 4.79 Å². The second-order valence-electron chi connectivity index (χ2n) is 5.34. The summed E-state index contributed by atoms with van der Waals surface area (Å²) in [4.78, 5) is 11.5. The maximum Gasteiger partial charge on any atom is 0.407 e. The highest BCUT2D eigenvalue weighted by atomic mass is 16.6. The van der Waals surface area contributed by atoms with Crippen LogP contribution in [0.3, 0.4) is 0 Å². The summed E-state index contributed by atoms with van der Waals surface area (Å²) < 4.78 is 5.18. The predicted octanol–water partition coefficient (Wildman–Crippen LogP) is 2.59. The molecule has 1 fully saturated rings. The summed E-state index contributed by atoms with van der Waals surface area (Å²) in [7, 11) is 0. The van der Waals surface area contributed by atoms with E-state index in [2.05, 4.69) is 11.4 Å². The zero-order valence-electron chi connectivity index (χ0n) is 10.2. The first-order valence-electron chi connectivity index (χ1n) is 5.80. The molecule has 4 nitrogen and oxygen atoms in total. The summed E-state index contributed by atoms with van der Waals surface area (Å²) in [5, 5.41) is 11.7. The number of hydrogen-bond acceptors (Lipinski definition) is 3. The highest BCUT2D eigenvalue weighted by Crippen LogP contribution is 2.23. The van der Waals surface area contributed by atoms with Gasteiger partial charge in [-0.15, -0.1) is 0 Å². The van der Waals surface area contributed by atoms with Gasteiger partial charge in [-0.25, -0.2) is 4.79 Å². The Balaban J connectivity index is 2.37. The Labute approximate surface area is 97.0 Å². The van der Waals surface area contributed by atoms with E-state index in [4.69, 9.17) is 10.00 Å². The summed E-state index contributed by atoms with van der Waals surface area (Å²) in [6.45, 7) is 5.52. The lowest BCUT2D eigenvalue weighted by Crippen LogP contribution is -2.41. The number of hydrogen-bond donors (Lipinski definition) is 1. The number of rotatable bonds is 1. The standard InChI is InChI=1S/C12H20N2O2/c1-12(2,3)16-11(15)14-10-6-4-5-9(7-10)8-13/h9-10H,4-7H2,1-3H3,(H,14,15)/t9-,10+/m0/s1. The average molecular weight is 224 g/mol. The number of carbonyl (C=O) groups is 1. The van der Waals surface area contributed by atoms with E-state index in [1.54, 1.807) is 0 Å². The molecule has 0 saturated heterocycles. The second kappa shape index (κ2) is 5.20. The zero-order valence-corrected chi connectivity index (χ0v) is 10.2. The van der Waals surface area contributed by atoms with Crippen molar-refractivity contribution in [2.45, 2.75) is 58.1 Å². The Hall–Kier alpha value is -1.24. The van der Waals surface area contributed by atoms with E-state index in [0.29, 0.717) is 0 Å². The van der Waals surface area contributed by atoms with Gasteiger partial charge in [0.05, 0.1) is 6.07 Å². The lowest BCUT2D eigenvalue weighted by atomic mass is 9.87. The summed E-state index contributed by atoms with van der Waals surface area (Å²) in [6.07, 6.45) is 3.26. The van der Waals surface area contributed by atoms with Crippen LogP contribution in [-0.4, -0.2) is 17.7 Å². The SMILES string of the molecule is CC(C)(C)OC(=O)N[C@@H]1CCC[C@H](C#N)C1. The molecule has 90 valence electrons. The number of nitrogens with one attached hydrogen (secondary N) is 1. The fourth-order valence-corrected chi connectivity index (χ4v) is 1.91. The van der Waals surface area contributed by atoms with Crippen molar-refractivity contribution in [1.29, 1.82) is 5.26 Å². The molecule has 4 heteroatoms. The molecular weight excluding hydrogens is 204 g/mol. The van der Waals surface area contributed by atoms with Gasteiger partial charge in [0.1, 0.15) is 5.60 Å². The molecule has 1 aliphatic rings. The average Bonchev–Trinajstić information content (AvgIpc) is 2.15. The first-order valence-corrected chi connectivity index (χ1v) is 5.80. The van der Waals surface area contributed by atoms with Crippen LogP contribution in [0.5, 0.6) is 0 Å². The third-order valence-corrected chi connectivity index (χ3v) is 2.58. The van der Waals surface area contributed by atoms with Crippen LogP contribution in [0.25, 0.3) is 0 Å². The Kier molecular flexibility index (Phi) is 4.17. The van der Waals surface area contributed by atoms with E-state index in [-0.39, 0.29) is 18.1 Å². The van der Waals surface area contributed by atoms with E-state index in [1.807, 2.05) is 20.8 Å². The fourth-order valence-electron chi connectivity index (χ4n) is 1.91. The van der Waals surface area contributed by atoms with Crippen LogP contribution in [-0.2, 0) is 4.74 Å². The molecule has 1 saturated carbocycles. The van der Waals surface area contributed by atoms with Crippen molar-refractivity contribution in [3.05, 3.63) is 0 Å². The minimum Gasteiger partial charge on any atom is -0.444 e. The van der Waals surface area contributed by atoms with Crippen LogP contribution < -0.4 is 5.32 Å². The van der Waals surface area contributed by atoms with Crippen molar-refractivity contribution in [2.24, 2.45) is 5.92 Å². The van der Waals surface area contributed by atoms with Gasteiger partial charge in [-0.3, -0.25) is 0 Å². The molecule has 0 aliphatic heterocycles. The molecule has 0 aromatic carbocycles. The first kappa shape index (κ1) is 12.8. The van der Waals surface area contributed by atoms with Crippen molar-refractivity contribution >= 4 is 6.09 Å². The number of alkyl carbamates (subject to hydrolysis) is 1. The Bertz CT molecular complexity index is 288. The van der Waals surface area contributed by atoms with Gasteiger partial charge >= 0.3 is 6.09 Å². The van der Waals surface area contributed by atoms with Crippen molar-refractivity contribution in [1.82, 2.24) is 5.32 Å². The third kappa shape index (κ3) is 4.52. The molecule has 1 rings (SSSR count). The number of ether oxygens (including phenoxy) is 1. The normalized spacial score (nSPS) is 25.6. The minimum absolute atomic E-state index is 0.0775. The van der Waals surface area contributed by atoms with Gasteiger partial charge in [0.2, 0.25) is 0 Å². The van der Waals surface area contributed by atoms with E-state index in [1.165, 1.54) is 0 Å². The lowest BCUT2D eigenvalue weighted by Gasteiger charge is -2.27. The van der Waals surface area contributed by atoms with Crippen molar-refractivity contribution in [3.8, 4) is 6.07 Å². The fraction of sp³-hybridized carbons (Fsp3) is 0.833. The molecule has 1 N–H and O–H groups in total. The molecule has 1 aliphatic carbocycles. The molecule has 2 atom stereocenters. The summed E-state index contributed by atoms with van der Waals surface area (Å²) in [5.41, 5.74) is -0.465. The zero-order chi connectivity index (χ0) is 12.2. The monoisotopic (exact) mass is 224 g/mol. The van der Waals surface area contributed by atoms with Crippen LogP contribution in [0.4, 0.5) is 4.79 Å². The molecule has 0 aromatic rings. The molecule has 1 amide bonds. The number of amides is 1. The molecule has 0 unspecified atom stereocenters. The highest BCUT2D eigenvalue weighted by molar-refractivity contribution is 5.68. The summed E-state index contributed by atoms with van der Waals surface area (Å²) in [6, 6.07) is 2.35. The highest BCUT2D eigenvalue weighted by Gasteiger charge is 2.25. The van der Waals surface area contributed by atoms with Gasteiger partial charge in [0.25, 0.3) is 0 Å². The molecule has 0 radical (unpaired) electrons. The van der Waals surface area contributed by atoms with E-state index >= 15 is 0 Å². The molecule has 0 bridgehead atoms. The minimum atomic E-state index is -0.465. The van der Waals surface area contributed by atoms with Gasteiger partial charge in [0.15, 0.2) is 0 Å². The maximum atomic E-state index is 11.5. The summed E-state index contributed by atoms with van der Waals surface area (Å²) >= 11 is 0. The smallest absolute Gasteiger partial charge is 0.407 e. The lowest BCUT2D eigenvalue weighted by molar-refractivity contribution is 0.0489. The van der Waals surface area contributed by atoms with Crippen LogP contribution in [0.15, 0.2) is 0 Å². The van der Waals surface area contributed by atoms with Crippen LogP contribution in [0, 0.1) is 17.2 Å². The van der Waals surface area contributed by atoms with E-state index < -0.39 is 5.60 Å². The van der Waals surface area contributed by atoms with Crippen molar-refractivity contribution in [2.75, 3.05) is 0 Å². The Morgan fingerprint density at radius 3 is 2.69 bits per heavy atom. The maximum absolute atomic E-state index is 11.5. The van der Waals surface area contributed by atoms with Crippen LogP contribution in [0.1, 0.15) is 46.5 Å². The van der Waals surface area contributed by atoms with Crippen LogP contribution >= 0.6 is 0 Å². The molecule has 0 heterocycles. The third-order valence-electron chi connectivity index (χ3n) is 2.58. The molecule has 0 aromatic heterocycles. The second-order valence-corrected chi connectivity index (χ2v) is 5.34.